The van der Waals surface area contributed by atoms with E-state index < -0.39 is 0 Å². The Morgan fingerprint density at radius 3 is 3.00 bits per heavy atom. The third kappa shape index (κ3) is 1.33. The molecule has 0 spiro atoms. The second-order valence-corrected chi connectivity index (χ2v) is 6.97. The summed E-state index contributed by atoms with van der Waals surface area (Å²) in [6.07, 6.45) is 3.77. The second kappa shape index (κ2) is 3.57. The fraction of sp³-hybridized carbons (Fsp3) is 0.588. The smallest absolute Gasteiger partial charge is 0.303 e. The number of hydrogen-bond donors (Lipinski definition) is 0. The predicted octanol–water partition coefficient (Wildman–Crippen LogP) is 3.58. The Morgan fingerprint density at radius 2 is 2.30 bits per heavy atom. The minimum absolute atomic E-state index is 0.138. The number of esters is 1. The molecular weight excluding hydrogens is 252 g/mol. The molecule has 1 aromatic heterocycles. The molecule has 1 aromatic rings. The number of carbonyl (C=O) groups is 1. The van der Waals surface area contributed by atoms with E-state index in [1.807, 2.05) is 6.92 Å². The van der Waals surface area contributed by atoms with Crippen LogP contribution in [0.15, 0.2) is 22.8 Å². The third-order valence-electron chi connectivity index (χ3n) is 5.75. The Hall–Kier alpha value is -1.51. The van der Waals surface area contributed by atoms with Crippen molar-refractivity contribution in [1.29, 1.82) is 0 Å². The predicted molar refractivity (Wildman–Crippen MR) is 74.0 cm³/mol. The van der Waals surface area contributed by atoms with E-state index in [1.54, 1.807) is 6.26 Å². The molecule has 3 aliphatic carbocycles. The Bertz CT molecular complexity index is 626. The highest BCUT2D eigenvalue weighted by atomic mass is 16.5. The highest BCUT2D eigenvalue weighted by Gasteiger charge is 2.67. The first kappa shape index (κ1) is 12.2. The van der Waals surface area contributed by atoms with Gasteiger partial charge in [-0.25, -0.2) is 0 Å². The average molecular weight is 272 g/mol. The van der Waals surface area contributed by atoms with Gasteiger partial charge in [-0.3, -0.25) is 4.79 Å². The van der Waals surface area contributed by atoms with E-state index in [1.165, 1.54) is 18.9 Å². The van der Waals surface area contributed by atoms with Crippen molar-refractivity contribution < 1.29 is 13.9 Å². The number of ether oxygens (including phenoxy) is 1. The van der Waals surface area contributed by atoms with Gasteiger partial charge in [0.2, 0.25) is 0 Å². The number of rotatable bonds is 1. The maximum atomic E-state index is 11.6. The fourth-order valence-corrected chi connectivity index (χ4v) is 4.84. The Morgan fingerprint density at radius 1 is 1.55 bits per heavy atom. The monoisotopic (exact) mass is 272 g/mol. The molecule has 20 heavy (non-hydrogen) atoms. The summed E-state index contributed by atoms with van der Waals surface area (Å²) in [5.74, 6) is 2.36. The quantitative estimate of drug-likeness (QED) is 0.579. The van der Waals surface area contributed by atoms with Gasteiger partial charge in [-0.05, 0) is 36.2 Å². The van der Waals surface area contributed by atoms with E-state index in [0.29, 0.717) is 11.8 Å². The molecule has 4 rings (SSSR count). The van der Waals surface area contributed by atoms with Gasteiger partial charge in [0.05, 0.1) is 6.26 Å². The number of furan rings is 1. The normalized spacial score (nSPS) is 40.9. The van der Waals surface area contributed by atoms with Crippen molar-refractivity contribution in [3.63, 3.8) is 0 Å². The van der Waals surface area contributed by atoms with Gasteiger partial charge in [-0.2, -0.15) is 0 Å². The summed E-state index contributed by atoms with van der Waals surface area (Å²) in [6.45, 7) is 10.2. The van der Waals surface area contributed by atoms with Gasteiger partial charge in [0.15, 0.2) is 0 Å². The second-order valence-electron chi connectivity index (χ2n) is 6.97. The molecular formula is C17H20O3. The largest absolute Gasteiger partial charge is 0.469 e. The van der Waals surface area contributed by atoms with Crippen LogP contribution in [0.1, 0.15) is 43.3 Å². The number of fused-ring (bicyclic) bond motifs is 4. The molecule has 3 heteroatoms. The number of aryl methyl sites for hydroxylation is 1. The molecule has 0 amide bonds. The fourth-order valence-electron chi connectivity index (χ4n) is 4.84. The molecule has 2 fully saturated rings. The van der Waals surface area contributed by atoms with Crippen LogP contribution in [-0.2, 0) is 16.0 Å². The average Bonchev–Trinajstić information content (AvgIpc) is 3.03. The van der Waals surface area contributed by atoms with Crippen LogP contribution < -0.4 is 0 Å². The topological polar surface area (TPSA) is 39.4 Å². The standard InChI is InChI=1S/C17H20O3/c1-8-7-19-13-6-17(4)12-5-11(12)9(2)15(17)16(14(8)13)20-10(3)18/h7,11-12,15-16H,2,5-6H2,1,3-4H3/t11-,12-,15-,16+,17+/m0/s1. The van der Waals surface area contributed by atoms with Gasteiger partial charge in [-0.1, -0.05) is 19.1 Å². The summed E-state index contributed by atoms with van der Waals surface area (Å²) < 4.78 is 11.5. The van der Waals surface area contributed by atoms with Gasteiger partial charge in [0, 0.05) is 24.8 Å². The lowest BCUT2D eigenvalue weighted by Crippen LogP contribution is -2.39. The molecule has 2 saturated carbocycles. The first-order chi connectivity index (χ1) is 9.43. The molecule has 5 atom stereocenters. The summed E-state index contributed by atoms with van der Waals surface area (Å²) in [5, 5.41) is 0. The zero-order valence-corrected chi connectivity index (χ0v) is 12.2. The Labute approximate surface area is 119 Å². The first-order valence-electron chi connectivity index (χ1n) is 7.36. The highest BCUT2D eigenvalue weighted by Crippen LogP contribution is 2.72. The van der Waals surface area contributed by atoms with Crippen LogP contribution in [0, 0.1) is 30.1 Å². The van der Waals surface area contributed by atoms with Crippen LogP contribution in [0.5, 0.6) is 0 Å². The van der Waals surface area contributed by atoms with Crippen LogP contribution >= 0.6 is 0 Å². The van der Waals surface area contributed by atoms with E-state index in [0.717, 1.165) is 23.3 Å². The lowest BCUT2D eigenvalue weighted by molar-refractivity contribution is -0.152. The van der Waals surface area contributed by atoms with Crippen molar-refractivity contribution in [2.24, 2.45) is 23.2 Å². The first-order valence-corrected chi connectivity index (χ1v) is 7.36. The van der Waals surface area contributed by atoms with Gasteiger partial charge < -0.3 is 9.15 Å². The van der Waals surface area contributed by atoms with Gasteiger partial charge in [0.1, 0.15) is 11.9 Å². The molecule has 0 bridgehead atoms. The molecule has 0 N–H and O–H groups in total. The summed E-state index contributed by atoms with van der Waals surface area (Å²) in [6, 6.07) is 0. The Balaban J connectivity index is 1.86. The van der Waals surface area contributed by atoms with E-state index in [2.05, 4.69) is 13.5 Å². The molecule has 0 aromatic carbocycles. The summed E-state index contributed by atoms with van der Waals surface area (Å²) in [7, 11) is 0. The molecule has 0 aliphatic heterocycles. The molecule has 3 nitrogen and oxygen atoms in total. The van der Waals surface area contributed by atoms with Crippen LogP contribution in [0.25, 0.3) is 0 Å². The van der Waals surface area contributed by atoms with E-state index in [-0.39, 0.29) is 23.4 Å². The van der Waals surface area contributed by atoms with Crippen LogP contribution in [0.2, 0.25) is 0 Å². The van der Waals surface area contributed by atoms with E-state index in [9.17, 15) is 4.79 Å². The summed E-state index contributed by atoms with van der Waals surface area (Å²) >= 11 is 0. The van der Waals surface area contributed by atoms with Crippen molar-refractivity contribution in [1.82, 2.24) is 0 Å². The van der Waals surface area contributed by atoms with Gasteiger partial charge in [-0.15, -0.1) is 0 Å². The molecule has 0 saturated heterocycles. The lowest BCUT2D eigenvalue weighted by Gasteiger charge is -2.43. The van der Waals surface area contributed by atoms with Gasteiger partial charge in [0.25, 0.3) is 0 Å². The highest BCUT2D eigenvalue weighted by molar-refractivity contribution is 5.67. The van der Waals surface area contributed by atoms with Crippen molar-refractivity contribution in [3.05, 3.63) is 35.3 Å². The minimum Gasteiger partial charge on any atom is -0.469 e. The minimum atomic E-state index is -0.223. The number of carbonyl (C=O) groups excluding carboxylic acids is 1. The van der Waals surface area contributed by atoms with E-state index in [4.69, 9.17) is 9.15 Å². The molecule has 106 valence electrons. The third-order valence-corrected chi connectivity index (χ3v) is 5.75. The molecule has 3 aliphatic rings. The maximum Gasteiger partial charge on any atom is 0.303 e. The zero-order chi connectivity index (χ0) is 14.2. The van der Waals surface area contributed by atoms with Crippen molar-refractivity contribution in [2.45, 2.75) is 39.7 Å². The molecule has 0 unspecified atom stereocenters. The van der Waals surface area contributed by atoms with Crippen LogP contribution in [0.3, 0.4) is 0 Å². The summed E-state index contributed by atoms with van der Waals surface area (Å²) in [4.78, 5) is 11.6. The number of hydrogen-bond acceptors (Lipinski definition) is 3. The molecule has 1 heterocycles. The van der Waals surface area contributed by atoms with Crippen molar-refractivity contribution in [2.75, 3.05) is 0 Å². The molecule has 0 radical (unpaired) electrons. The summed E-state index contributed by atoms with van der Waals surface area (Å²) in [5.41, 5.74) is 3.60. The van der Waals surface area contributed by atoms with Crippen molar-refractivity contribution >= 4 is 5.97 Å². The van der Waals surface area contributed by atoms with Crippen LogP contribution in [0.4, 0.5) is 0 Å². The van der Waals surface area contributed by atoms with E-state index >= 15 is 0 Å². The SMILES string of the molecule is C=C1[C@@H]2C[C@@H]2[C@@]2(C)Cc3occ(C)c3[C@@H](OC(C)=O)[C@H]12. The Kier molecular flexibility index (Phi) is 2.19. The van der Waals surface area contributed by atoms with Crippen LogP contribution in [-0.4, -0.2) is 5.97 Å². The van der Waals surface area contributed by atoms with Crippen molar-refractivity contribution in [3.8, 4) is 0 Å². The zero-order valence-electron chi connectivity index (χ0n) is 12.2. The maximum absolute atomic E-state index is 11.6. The van der Waals surface area contributed by atoms with Gasteiger partial charge >= 0.3 is 5.97 Å². The lowest BCUT2D eigenvalue weighted by atomic mass is 9.64.